The van der Waals surface area contributed by atoms with E-state index in [0.717, 1.165) is 4.57 Å². The molecule has 2 atom stereocenters. The topological polar surface area (TPSA) is 127 Å². The van der Waals surface area contributed by atoms with Crippen molar-refractivity contribution in [3.63, 3.8) is 0 Å². The summed E-state index contributed by atoms with van der Waals surface area (Å²) >= 11 is 0. The smallest absolute Gasteiger partial charge is 0.264 e. The Bertz CT molecular complexity index is 906. The van der Waals surface area contributed by atoms with Gasteiger partial charge in [-0.1, -0.05) is 6.07 Å². The lowest BCUT2D eigenvalue weighted by Crippen LogP contribution is -2.59. The Morgan fingerprint density at radius 2 is 2.13 bits per heavy atom. The van der Waals surface area contributed by atoms with Crippen LogP contribution in [0.1, 0.15) is 18.3 Å². The molecular weight excluding hydrogens is 299 g/mol. The number of nitrogens with one attached hydrogen (secondary N) is 1. The third kappa shape index (κ3) is 2.29. The van der Waals surface area contributed by atoms with Gasteiger partial charge >= 0.3 is 0 Å². The number of carbonyl (C=O) groups is 2. The first-order valence-corrected chi connectivity index (χ1v) is 6.86. The van der Waals surface area contributed by atoms with Crippen molar-refractivity contribution in [2.24, 2.45) is 0 Å². The summed E-state index contributed by atoms with van der Waals surface area (Å²) in [6, 6.07) is 3.69. The van der Waals surface area contributed by atoms with Gasteiger partial charge in [-0.15, -0.1) is 0 Å². The van der Waals surface area contributed by atoms with Gasteiger partial charge in [0.1, 0.15) is 25.2 Å². The van der Waals surface area contributed by atoms with Crippen LogP contribution in [0.3, 0.4) is 0 Å². The molecule has 116 valence electrons. The Labute approximate surface area is 131 Å². The summed E-state index contributed by atoms with van der Waals surface area (Å²) in [7, 11) is 5.48. The molecule has 1 fully saturated rings. The highest BCUT2D eigenvalue weighted by molar-refractivity contribution is 6.30. The molecule has 23 heavy (non-hydrogen) atoms. The van der Waals surface area contributed by atoms with Crippen molar-refractivity contribution in [1.29, 1.82) is 0 Å². The highest BCUT2D eigenvalue weighted by atomic mass is 16.3. The van der Waals surface area contributed by atoms with Crippen LogP contribution in [0.2, 0.25) is 0 Å². The number of nitrogens with zero attached hydrogens (tertiary/aromatic N) is 2. The molecule has 1 aliphatic rings. The molecule has 0 saturated carbocycles. The van der Waals surface area contributed by atoms with Crippen LogP contribution in [0.5, 0.6) is 0 Å². The number of aromatic nitrogens is 2. The minimum atomic E-state index is -2.25. The molecule has 1 aromatic carbocycles. The molecule has 2 aromatic rings. The van der Waals surface area contributed by atoms with Gasteiger partial charge in [0.2, 0.25) is 11.8 Å². The van der Waals surface area contributed by atoms with Crippen LogP contribution in [-0.4, -0.2) is 39.8 Å². The van der Waals surface area contributed by atoms with Crippen molar-refractivity contribution in [3.8, 4) is 0 Å². The van der Waals surface area contributed by atoms with E-state index in [4.69, 9.17) is 13.6 Å². The number of nitrogen functional groups attached to an aromatic ring is 1. The third-order valence-electron chi connectivity index (χ3n) is 3.89. The molecular formula is C14H13BN4O4. The first kappa shape index (κ1) is 15.2. The molecule has 8 nitrogen and oxygen atoms in total. The maximum atomic E-state index is 12.8. The van der Waals surface area contributed by atoms with Crippen molar-refractivity contribution in [1.82, 2.24) is 14.9 Å². The molecule has 9 heteroatoms. The van der Waals surface area contributed by atoms with Crippen molar-refractivity contribution < 1.29 is 14.7 Å². The van der Waals surface area contributed by atoms with Gasteiger partial charge in [-0.05, 0) is 19.1 Å². The van der Waals surface area contributed by atoms with Crippen LogP contribution in [0.15, 0.2) is 23.0 Å². The number of amides is 2. The van der Waals surface area contributed by atoms with E-state index in [-0.39, 0.29) is 16.9 Å². The minimum absolute atomic E-state index is 0.170. The molecule has 2 unspecified atom stereocenters. The second kappa shape index (κ2) is 4.92. The lowest BCUT2D eigenvalue weighted by molar-refractivity contribution is -0.146. The Hall–Kier alpha value is -2.68. The Balaban J connectivity index is 2.24. The molecule has 3 rings (SSSR count). The van der Waals surface area contributed by atoms with Crippen molar-refractivity contribution >= 4 is 36.3 Å². The maximum absolute atomic E-state index is 12.8. The van der Waals surface area contributed by atoms with Crippen LogP contribution < -0.4 is 16.6 Å². The van der Waals surface area contributed by atoms with Gasteiger partial charge in [0.05, 0.1) is 10.9 Å². The summed E-state index contributed by atoms with van der Waals surface area (Å²) < 4.78 is 1.10. The van der Waals surface area contributed by atoms with Gasteiger partial charge in [-0.3, -0.25) is 24.3 Å². The Kier molecular flexibility index (Phi) is 3.26. The molecule has 2 heterocycles. The second-order valence-corrected chi connectivity index (χ2v) is 5.54. The largest absolute Gasteiger partial charge is 0.398 e. The monoisotopic (exact) mass is 312 g/mol. The third-order valence-corrected chi connectivity index (χ3v) is 3.89. The number of rotatable bonds is 1. The first-order valence-electron chi connectivity index (χ1n) is 6.86. The summed E-state index contributed by atoms with van der Waals surface area (Å²) in [5.41, 5.74) is 3.68. The number of aryl methyl sites for hydroxylation is 1. The van der Waals surface area contributed by atoms with Crippen molar-refractivity contribution in [2.75, 3.05) is 5.73 Å². The van der Waals surface area contributed by atoms with Crippen molar-refractivity contribution in [3.05, 3.63) is 34.4 Å². The first-order chi connectivity index (χ1) is 10.7. The van der Waals surface area contributed by atoms with E-state index >= 15 is 0 Å². The number of benzene rings is 1. The fourth-order valence-electron chi connectivity index (χ4n) is 2.74. The lowest BCUT2D eigenvalue weighted by atomic mass is 9.73. The van der Waals surface area contributed by atoms with Crippen LogP contribution in [-0.2, 0) is 9.59 Å². The van der Waals surface area contributed by atoms with Crippen LogP contribution >= 0.6 is 0 Å². The second-order valence-electron chi connectivity index (χ2n) is 5.54. The van der Waals surface area contributed by atoms with Crippen LogP contribution in [0.4, 0.5) is 5.69 Å². The van der Waals surface area contributed by atoms with Gasteiger partial charge in [0.15, 0.2) is 0 Å². The summed E-state index contributed by atoms with van der Waals surface area (Å²) in [5, 5.41) is 12.0. The van der Waals surface area contributed by atoms with E-state index in [2.05, 4.69) is 4.98 Å². The number of hydrogen-bond donors (Lipinski definition) is 3. The number of fused-ring (bicyclic) bond motifs is 1. The summed E-state index contributed by atoms with van der Waals surface area (Å²) in [5.74, 6) is -1.48. The van der Waals surface area contributed by atoms with Crippen LogP contribution in [0, 0.1) is 6.92 Å². The fourth-order valence-corrected chi connectivity index (χ4v) is 2.74. The zero-order valence-corrected chi connectivity index (χ0v) is 12.2. The normalized spacial score (nSPS) is 24.7. The molecule has 2 radical (unpaired) electrons. The van der Waals surface area contributed by atoms with Gasteiger partial charge in [-0.25, -0.2) is 4.98 Å². The molecule has 4 N–H and O–H groups in total. The average molecular weight is 312 g/mol. The maximum Gasteiger partial charge on any atom is 0.264 e. The number of aliphatic hydroxyl groups is 1. The minimum Gasteiger partial charge on any atom is -0.398 e. The van der Waals surface area contributed by atoms with E-state index in [1.54, 1.807) is 25.1 Å². The average Bonchev–Trinajstić information content (AvgIpc) is 2.44. The van der Waals surface area contributed by atoms with E-state index in [1.807, 2.05) is 5.32 Å². The molecule has 0 aliphatic carbocycles. The van der Waals surface area contributed by atoms with Crippen LogP contribution in [0.25, 0.3) is 10.9 Å². The van der Waals surface area contributed by atoms with Gasteiger partial charge in [0.25, 0.3) is 5.56 Å². The number of anilines is 1. The number of nitrogens with two attached hydrogens (primary N) is 1. The number of imide groups is 1. The Morgan fingerprint density at radius 3 is 2.83 bits per heavy atom. The van der Waals surface area contributed by atoms with Gasteiger partial charge in [-0.2, -0.15) is 0 Å². The molecule has 1 aliphatic heterocycles. The summed E-state index contributed by atoms with van der Waals surface area (Å²) in [6.45, 7) is 1.54. The number of piperidine rings is 1. The SMILES string of the molecule is [B]C1(O)CC(n2c(C)nc3cccc(N)c3c2=O)C(=O)NC1=O. The highest BCUT2D eigenvalue weighted by Gasteiger charge is 2.43. The van der Waals surface area contributed by atoms with Crippen molar-refractivity contribution in [2.45, 2.75) is 24.9 Å². The summed E-state index contributed by atoms with van der Waals surface area (Å²) in [6.07, 6.45) is -0.432. The predicted molar refractivity (Wildman–Crippen MR) is 82.7 cm³/mol. The summed E-state index contributed by atoms with van der Waals surface area (Å²) in [4.78, 5) is 40.6. The molecule has 1 aromatic heterocycles. The molecule has 0 bridgehead atoms. The molecule has 2 amide bonds. The zero-order valence-electron chi connectivity index (χ0n) is 12.2. The lowest BCUT2D eigenvalue weighted by Gasteiger charge is -2.33. The zero-order chi connectivity index (χ0) is 16.9. The molecule has 0 spiro atoms. The standard InChI is InChI=1S/C14H13BN4O4/c1-6-17-8-4-2-3-7(16)10(8)12(21)19(6)9-5-14(15,23)13(22)18-11(9)20/h2-4,9,23H,5,16H2,1H3,(H,18,20,22). The van der Waals surface area contributed by atoms with E-state index < -0.39 is 35.3 Å². The van der Waals surface area contributed by atoms with Gasteiger partial charge < -0.3 is 10.8 Å². The highest BCUT2D eigenvalue weighted by Crippen LogP contribution is 2.25. The fraction of sp³-hybridized carbons (Fsp3) is 0.286. The predicted octanol–water partition coefficient (Wildman–Crippen LogP) is -1.27. The van der Waals surface area contributed by atoms with E-state index in [0.29, 0.717) is 5.52 Å². The van der Waals surface area contributed by atoms with E-state index in [1.165, 1.54) is 0 Å². The number of hydrogen-bond acceptors (Lipinski definition) is 6. The van der Waals surface area contributed by atoms with Gasteiger partial charge in [0, 0.05) is 12.1 Å². The Morgan fingerprint density at radius 1 is 1.43 bits per heavy atom. The number of carbonyl (C=O) groups excluding carboxylic acids is 2. The van der Waals surface area contributed by atoms with E-state index in [9.17, 15) is 19.5 Å². The quantitative estimate of drug-likeness (QED) is 0.342. The molecule has 1 saturated heterocycles.